The first-order valence-corrected chi connectivity index (χ1v) is 3.88. The number of halogens is 2. The Morgan fingerprint density at radius 3 is 2.54 bits per heavy atom. The van der Waals surface area contributed by atoms with Gasteiger partial charge in [0.1, 0.15) is 11.4 Å². The molecular formula is C6H5Cl2N3O2. The van der Waals surface area contributed by atoms with Gasteiger partial charge in [0.25, 0.3) is 0 Å². The third-order valence-corrected chi connectivity index (χ3v) is 1.70. The number of methoxy groups -OCH3 is 1. The molecule has 0 unspecified atom stereocenters. The van der Waals surface area contributed by atoms with Crippen LogP contribution >= 0.6 is 23.2 Å². The van der Waals surface area contributed by atoms with Crippen molar-refractivity contribution >= 4 is 35.0 Å². The van der Waals surface area contributed by atoms with Crippen molar-refractivity contribution in [1.29, 1.82) is 0 Å². The highest BCUT2D eigenvalue weighted by molar-refractivity contribution is 6.34. The Morgan fingerprint density at radius 2 is 2.08 bits per heavy atom. The van der Waals surface area contributed by atoms with Crippen LogP contribution in [0.4, 0.5) is 5.82 Å². The quantitative estimate of drug-likeness (QED) is 0.438. The molecule has 1 aromatic rings. The zero-order valence-electron chi connectivity index (χ0n) is 6.54. The molecule has 2 N–H and O–H groups in total. The molecule has 7 heteroatoms. The maximum atomic E-state index is 11.1. The average molecular weight is 222 g/mol. The summed E-state index contributed by atoms with van der Waals surface area (Å²) < 4.78 is 4.41. The van der Waals surface area contributed by atoms with Crippen LogP contribution < -0.4 is 5.73 Å². The molecule has 0 saturated heterocycles. The Hall–Kier alpha value is -1.07. The lowest BCUT2D eigenvalue weighted by Gasteiger charge is -2.03. The number of nitrogens with two attached hydrogens (primary N) is 1. The van der Waals surface area contributed by atoms with Gasteiger partial charge in [0, 0.05) is 0 Å². The number of esters is 1. The number of hydrogen-bond acceptors (Lipinski definition) is 5. The molecule has 0 spiro atoms. The normalized spacial score (nSPS) is 9.77. The van der Waals surface area contributed by atoms with Crippen molar-refractivity contribution in [3.05, 3.63) is 16.0 Å². The van der Waals surface area contributed by atoms with Crippen LogP contribution in [-0.2, 0) is 4.74 Å². The zero-order valence-corrected chi connectivity index (χ0v) is 8.06. The molecular weight excluding hydrogens is 217 g/mol. The Morgan fingerprint density at radius 1 is 1.46 bits per heavy atom. The number of aromatic nitrogens is 2. The number of carbonyl (C=O) groups is 1. The van der Waals surface area contributed by atoms with E-state index in [0.29, 0.717) is 0 Å². The summed E-state index contributed by atoms with van der Waals surface area (Å²) in [6.45, 7) is 0. The number of anilines is 1. The SMILES string of the molecule is COC(=O)c1c(N)nc(Cl)nc1Cl. The van der Waals surface area contributed by atoms with Gasteiger partial charge in [0.15, 0.2) is 5.15 Å². The van der Waals surface area contributed by atoms with Gasteiger partial charge >= 0.3 is 5.97 Å². The van der Waals surface area contributed by atoms with E-state index in [1.165, 1.54) is 7.11 Å². The fraction of sp³-hybridized carbons (Fsp3) is 0.167. The number of nitrogen functional groups attached to an aromatic ring is 1. The van der Waals surface area contributed by atoms with Gasteiger partial charge in [0.2, 0.25) is 5.28 Å². The molecule has 0 amide bonds. The molecule has 70 valence electrons. The standard InChI is InChI=1S/C6H5Cl2N3O2/c1-13-5(12)2-3(7)10-6(8)11-4(2)9/h1H3,(H2,9,10,11). The van der Waals surface area contributed by atoms with Crippen LogP contribution in [0.1, 0.15) is 10.4 Å². The highest BCUT2D eigenvalue weighted by Gasteiger charge is 2.17. The second-order valence-electron chi connectivity index (χ2n) is 2.04. The van der Waals surface area contributed by atoms with E-state index in [2.05, 4.69) is 14.7 Å². The summed E-state index contributed by atoms with van der Waals surface area (Å²) in [5, 5.41) is -0.237. The first kappa shape index (κ1) is 10.0. The van der Waals surface area contributed by atoms with Crippen LogP contribution in [0.15, 0.2) is 0 Å². The summed E-state index contributed by atoms with van der Waals surface area (Å²) in [4.78, 5) is 18.1. The summed E-state index contributed by atoms with van der Waals surface area (Å²) in [5.41, 5.74) is 5.30. The minimum atomic E-state index is -0.695. The second-order valence-corrected chi connectivity index (χ2v) is 2.73. The molecule has 0 saturated carbocycles. The summed E-state index contributed by atoms with van der Waals surface area (Å²) in [6, 6.07) is 0. The van der Waals surface area contributed by atoms with Crippen molar-refractivity contribution in [2.24, 2.45) is 0 Å². The van der Waals surface area contributed by atoms with Crippen LogP contribution in [0.3, 0.4) is 0 Å². The van der Waals surface area contributed by atoms with E-state index in [9.17, 15) is 4.79 Å². The summed E-state index contributed by atoms with van der Waals surface area (Å²) in [6.07, 6.45) is 0. The fourth-order valence-electron chi connectivity index (χ4n) is 0.714. The minimum Gasteiger partial charge on any atom is -0.465 e. The number of carbonyl (C=O) groups excluding carboxylic acids is 1. The first-order valence-electron chi connectivity index (χ1n) is 3.13. The van der Waals surface area contributed by atoms with Gasteiger partial charge in [-0.15, -0.1) is 0 Å². The molecule has 0 bridgehead atoms. The number of rotatable bonds is 1. The fourth-order valence-corrected chi connectivity index (χ4v) is 1.19. The Balaban J connectivity index is 3.28. The lowest BCUT2D eigenvalue weighted by molar-refractivity contribution is 0.0601. The molecule has 0 fully saturated rings. The van der Waals surface area contributed by atoms with Crippen molar-refractivity contribution in [3.63, 3.8) is 0 Å². The summed E-state index contributed by atoms with van der Waals surface area (Å²) in [7, 11) is 1.20. The van der Waals surface area contributed by atoms with Crippen molar-refractivity contribution in [3.8, 4) is 0 Å². The van der Waals surface area contributed by atoms with Gasteiger partial charge in [0.05, 0.1) is 7.11 Å². The van der Waals surface area contributed by atoms with E-state index < -0.39 is 5.97 Å². The molecule has 0 aliphatic rings. The molecule has 1 aromatic heterocycles. The highest BCUT2D eigenvalue weighted by Crippen LogP contribution is 2.21. The van der Waals surface area contributed by atoms with E-state index in [4.69, 9.17) is 28.9 Å². The van der Waals surface area contributed by atoms with Gasteiger partial charge in [-0.05, 0) is 11.6 Å². The first-order chi connectivity index (χ1) is 6.06. The molecule has 13 heavy (non-hydrogen) atoms. The van der Waals surface area contributed by atoms with Crippen molar-refractivity contribution in [2.75, 3.05) is 12.8 Å². The van der Waals surface area contributed by atoms with E-state index in [0.717, 1.165) is 0 Å². The smallest absolute Gasteiger partial charge is 0.344 e. The van der Waals surface area contributed by atoms with Crippen LogP contribution in [0.2, 0.25) is 10.4 Å². The van der Waals surface area contributed by atoms with Crippen molar-refractivity contribution < 1.29 is 9.53 Å². The van der Waals surface area contributed by atoms with Gasteiger partial charge < -0.3 is 10.5 Å². The van der Waals surface area contributed by atoms with E-state index >= 15 is 0 Å². The van der Waals surface area contributed by atoms with Crippen molar-refractivity contribution in [1.82, 2.24) is 9.97 Å². The van der Waals surface area contributed by atoms with Gasteiger partial charge in [-0.1, -0.05) is 11.6 Å². The van der Waals surface area contributed by atoms with E-state index in [1.54, 1.807) is 0 Å². The predicted molar refractivity (Wildman–Crippen MR) is 47.8 cm³/mol. The number of ether oxygens (including phenoxy) is 1. The number of nitrogens with zero attached hydrogens (tertiary/aromatic N) is 2. The third-order valence-electron chi connectivity index (χ3n) is 1.26. The molecule has 0 aromatic carbocycles. The van der Waals surface area contributed by atoms with Crippen LogP contribution in [0.5, 0.6) is 0 Å². The Kier molecular flexibility index (Phi) is 2.90. The molecule has 0 atom stereocenters. The van der Waals surface area contributed by atoms with E-state index in [-0.39, 0.29) is 21.8 Å². The zero-order chi connectivity index (χ0) is 10.0. The lowest BCUT2D eigenvalue weighted by Crippen LogP contribution is -2.09. The molecule has 0 radical (unpaired) electrons. The van der Waals surface area contributed by atoms with Gasteiger partial charge in [-0.25, -0.2) is 14.8 Å². The predicted octanol–water partition coefficient (Wildman–Crippen LogP) is 1.15. The molecule has 0 aliphatic carbocycles. The Labute approximate surface area is 83.8 Å². The van der Waals surface area contributed by atoms with Crippen molar-refractivity contribution in [2.45, 2.75) is 0 Å². The second kappa shape index (κ2) is 3.76. The monoisotopic (exact) mass is 221 g/mol. The third kappa shape index (κ3) is 1.99. The average Bonchev–Trinajstić information content (AvgIpc) is 2.02. The topological polar surface area (TPSA) is 78.1 Å². The summed E-state index contributed by atoms with van der Waals surface area (Å²) >= 11 is 11.0. The highest BCUT2D eigenvalue weighted by atomic mass is 35.5. The lowest BCUT2D eigenvalue weighted by atomic mass is 10.3. The molecule has 1 rings (SSSR count). The largest absolute Gasteiger partial charge is 0.465 e. The molecule has 1 heterocycles. The number of hydrogen-bond donors (Lipinski definition) is 1. The maximum Gasteiger partial charge on any atom is 0.344 e. The minimum absolute atomic E-state index is 0.0754. The molecule has 5 nitrogen and oxygen atoms in total. The Bertz CT molecular complexity index is 333. The van der Waals surface area contributed by atoms with Crippen LogP contribution in [0, 0.1) is 0 Å². The molecule has 0 aliphatic heterocycles. The maximum absolute atomic E-state index is 11.1. The van der Waals surface area contributed by atoms with Gasteiger partial charge in [-0.2, -0.15) is 0 Å². The van der Waals surface area contributed by atoms with Gasteiger partial charge in [-0.3, -0.25) is 0 Å². The van der Waals surface area contributed by atoms with Crippen LogP contribution in [-0.4, -0.2) is 23.0 Å². The summed E-state index contributed by atoms with van der Waals surface area (Å²) in [5.74, 6) is -0.795. The van der Waals surface area contributed by atoms with Crippen LogP contribution in [0.25, 0.3) is 0 Å². The van der Waals surface area contributed by atoms with E-state index in [1.807, 2.05) is 0 Å².